The van der Waals surface area contributed by atoms with E-state index in [0.717, 1.165) is 23.3 Å². The van der Waals surface area contributed by atoms with Gasteiger partial charge < -0.3 is 4.90 Å². The van der Waals surface area contributed by atoms with Gasteiger partial charge in [0.1, 0.15) is 5.25 Å². The third-order valence-corrected chi connectivity index (χ3v) is 4.68. The largest absolute Gasteiger partial charge is 0.416 e. The molecule has 4 nitrogen and oxygen atoms in total. The van der Waals surface area contributed by atoms with Gasteiger partial charge in [-0.1, -0.05) is 6.07 Å². The number of hydrogen-bond donors (Lipinski definition) is 0. The number of hydrogen-bond acceptors (Lipinski definition) is 3. The zero-order valence-electron chi connectivity index (χ0n) is 12.7. The highest BCUT2D eigenvalue weighted by atomic mass is 32.2. The summed E-state index contributed by atoms with van der Waals surface area (Å²) in [5.74, 6) is -0.753. The van der Waals surface area contributed by atoms with Gasteiger partial charge in [0, 0.05) is 18.0 Å². The molecule has 0 saturated carbocycles. The number of carbonyl (C=O) groups excluding carboxylic acids is 1. The molecular weight excluding hydrogens is 319 g/mol. The summed E-state index contributed by atoms with van der Waals surface area (Å²) in [6, 6.07) is 3.79. The molecule has 1 rings (SSSR count). The predicted molar refractivity (Wildman–Crippen MR) is 78.4 cm³/mol. The van der Waals surface area contributed by atoms with E-state index in [1.54, 1.807) is 13.8 Å². The first-order chi connectivity index (χ1) is 9.85. The second kappa shape index (κ2) is 6.28. The second-order valence-corrected chi connectivity index (χ2v) is 7.69. The lowest BCUT2D eigenvalue weighted by molar-refractivity contribution is -0.137. The van der Waals surface area contributed by atoms with E-state index in [0.29, 0.717) is 0 Å². The van der Waals surface area contributed by atoms with Crippen molar-refractivity contribution in [2.24, 2.45) is 0 Å². The third-order valence-electron chi connectivity index (χ3n) is 3.20. The smallest absolute Gasteiger partial charge is 0.309 e. The lowest BCUT2D eigenvalue weighted by Gasteiger charge is -2.29. The molecule has 0 unspecified atom stereocenters. The molecule has 0 saturated heterocycles. The van der Waals surface area contributed by atoms with E-state index in [2.05, 4.69) is 0 Å². The van der Waals surface area contributed by atoms with Crippen molar-refractivity contribution in [1.29, 1.82) is 0 Å². The van der Waals surface area contributed by atoms with Gasteiger partial charge in [0.2, 0.25) is 5.91 Å². The molecule has 0 heterocycles. The van der Waals surface area contributed by atoms with Crippen molar-refractivity contribution < 1.29 is 26.4 Å². The summed E-state index contributed by atoms with van der Waals surface area (Å²) in [6.07, 6.45) is -3.62. The van der Waals surface area contributed by atoms with Gasteiger partial charge in [-0.25, -0.2) is 8.42 Å². The molecule has 0 aliphatic heterocycles. The van der Waals surface area contributed by atoms with Gasteiger partial charge in [0.15, 0.2) is 9.84 Å². The first-order valence-electron chi connectivity index (χ1n) is 6.55. The van der Waals surface area contributed by atoms with Crippen LogP contribution in [0.25, 0.3) is 0 Å². The van der Waals surface area contributed by atoms with Crippen molar-refractivity contribution in [1.82, 2.24) is 0 Å². The van der Waals surface area contributed by atoms with E-state index < -0.39 is 38.8 Å². The maximum absolute atomic E-state index is 12.8. The standard InChI is InChI=1S/C14H18F3NO3S/c1-9(2)18(13(19)10(3)22(4,20)21)12-7-5-6-11(8-12)14(15,16)17/h5-10H,1-4H3/t10-/m0/s1. The average Bonchev–Trinajstić information content (AvgIpc) is 2.35. The normalized spacial score (nSPS) is 14.0. The van der Waals surface area contributed by atoms with Crippen LogP contribution in [0.1, 0.15) is 26.3 Å². The molecule has 0 spiro atoms. The Morgan fingerprint density at radius 2 is 1.73 bits per heavy atom. The van der Waals surface area contributed by atoms with E-state index in [1.807, 2.05) is 0 Å². The van der Waals surface area contributed by atoms with E-state index in [-0.39, 0.29) is 5.69 Å². The summed E-state index contributed by atoms with van der Waals surface area (Å²) < 4.78 is 61.4. The zero-order chi connectivity index (χ0) is 17.3. The number of nitrogens with zero attached hydrogens (tertiary/aromatic N) is 1. The van der Waals surface area contributed by atoms with Gasteiger partial charge in [-0.3, -0.25) is 4.79 Å². The lowest BCUT2D eigenvalue weighted by Crippen LogP contribution is -2.45. The van der Waals surface area contributed by atoms with Gasteiger partial charge in [0.05, 0.1) is 5.56 Å². The summed E-state index contributed by atoms with van der Waals surface area (Å²) in [5.41, 5.74) is -0.874. The Morgan fingerprint density at radius 1 is 1.18 bits per heavy atom. The number of sulfone groups is 1. The van der Waals surface area contributed by atoms with Crippen LogP contribution in [0.15, 0.2) is 24.3 Å². The van der Waals surface area contributed by atoms with E-state index in [1.165, 1.54) is 19.1 Å². The lowest BCUT2D eigenvalue weighted by atomic mass is 10.1. The van der Waals surface area contributed by atoms with E-state index in [4.69, 9.17) is 0 Å². The molecule has 1 aromatic rings. The molecule has 1 amide bonds. The molecule has 0 aliphatic carbocycles. The van der Waals surface area contributed by atoms with Gasteiger partial charge in [-0.05, 0) is 39.0 Å². The highest BCUT2D eigenvalue weighted by molar-refractivity contribution is 7.92. The number of amides is 1. The molecule has 0 aromatic heterocycles. The maximum Gasteiger partial charge on any atom is 0.416 e. The predicted octanol–water partition coefficient (Wildman–Crippen LogP) is 2.88. The fraction of sp³-hybridized carbons (Fsp3) is 0.500. The minimum absolute atomic E-state index is 0.0188. The van der Waals surface area contributed by atoms with Crippen LogP contribution in [0.4, 0.5) is 18.9 Å². The fourth-order valence-corrected chi connectivity index (χ4v) is 2.37. The number of carbonyl (C=O) groups is 1. The summed E-state index contributed by atoms with van der Waals surface area (Å²) in [7, 11) is -3.64. The minimum atomic E-state index is -4.54. The number of anilines is 1. The Bertz CT molecular complexity index is 654. The van der Waals surface area contributed by atoms with E-state index >= 15 is 0 Å². The molecule has 0 radical (unpaired) electrons. The monoisotopic (exact) mass is 337 g/mol. The van der Waals surface area contributed by atoms with Gasteiger partial charge in [-0.15, -0.1) is 0 Å². The zero-order valence-corrected chi connectivity index (χ0v) is 13.5. The summed E-state index contributed by atoms with van der Waals surface area (Å²) in [6.45, 7) is 4.43. The van der Waals surface area contributed by atoms with Crippen LogP contribution in [0.3, 0.4) is 0 Å². The Balaban J connectivity index is 3.31. The van der Waals surface area contributed by atoms with Crippen LogP contribution in [-0.4, -0.2) is 31.9 Å². The summed E-state index contributed by atoms with van der Waals surface area (Å²) >= 11 is 0. The quantitative estimate of drug-likeness (QED) is 0.849. The van der Waals surface area contributed by atoms with E-state index in [9.17, 15) is 26.4 Å². The van der Waals surface area contributed by atoms with Crippen LogP contribution < -0.4 is 4.90 Å². The topological polar surface area (TPSA) is 54.5 Å². The summed E-state index contributed by atoms with van der Waals surface area (Å²) in [4.78, 5) is 13.4. The Kier molecular flexibility index (Phi) is 5.27. The first-order valence-corrected chi connectivity index (χ1v) is 8.50. The molecule has 0 fully saturated rings. The third kappa shape index (κ3) is 4.22. The Morgan fingerprint density at radius 3 is 2.14 bits per heavy atom. The van der Waals surface area contributed by atoms with Gasteiger partial charge in [-0.2, -0.15) is 13.2 Å². The second-order valence-electron chi connectivity index (χ2n) is 5.32. The molecule has 0 N–H and O–H groups in total. The number of benzene rings is 1. The van der Waals surface area contributed by atoms with Crippen molar-refractivity contribution >= 4 is 21.4 Å². The SMILES string of the molecule is CC(C)N(C(=O)[C@H](C)S(C)(=O)=O)c1cccc(C(F)(F)F)c1. The van der Waals surface area contributed by atoms with Crippen molar-refractivity contribution in [2.75, 3.05) is 11.2 Å². The first kappa shape index (κ1) is 18.5. The van der Waals surface area contributed by atoms with Gasteiger partial charge >= 0.3 is 6.18 Å². The van der Waals surface area contributed by atoms with Crippen LogP contribution in [0, 0.1) is 0 Å². The van der Waals surface area contributed by atoms with Crippen LogP contribution in [0.2, 0.25) is 0 Å². The fourth-order valence-electron chi connectivity index (χ4n) is 1.89. The number of halogens is 3. The van der Waals surface area contributed by atoms with Crippen molar-refractivity contribution in [2.45, 2.75) is 38.2 Å². The Labute approximate surface area is 127 Å². The molecule has 1 aromatic carbocycles. The molecular formula is C14H18F3NO3S. The van der Waals surface area contributed by atoms with Crippen molar-refractivity contribution in [3.05, 3.63) is 29.8 Å². The highest BCUT2D eigenvalue weighted by Gasteiger charge is 2.34. The molecule has 0 bridgehead atoms. The number of alkyl halides is 3. The summed E-state index contributed by atoms with van der Waals surface area (Å²) in [5, 5.41) is -1.33. The molecule has 0 aliphatic rings. The van der Waals surface area contributed by atoms with Crippen molar-refractivity contribution in [3.63, 3.8) is 0 Å². The van der Waals surface area contributed by atoms with Crippen LogP contribution in [0.5, 0.6) is 0 Å². The maximum atomic E-state index is 12.8. The van der Waals surface area contributed by atoms with Gasteiger partial charge in [0.25, 0.3) is 0 Å². The van der Waals surface area contributed by atoms with Crippen LogP contribution >= 0.6 is 0 Å². The molecule has 8 heteroatoms. The average molecular weight is 337 g/mol. The minimum Gasteiger partial charge on any atom is -0.309 e. The van der Waals surface area contributed by atoms with Crippen molar-refractivity contribution in [3.8, 4) is 0 Å². The molecule has 1 atom stereocenters. The Hall–Kier alpha value is -1.57. The number of rotatable bonds is 4. The highest BCUT2D eigenvalue weighted by Crippen LogP contribution is 2.32. The molecule has 22 heavy (non-hydrogen) atoms. The van der Waals surface area contributed by atoms with Crippen LogP contribution in [-0.2, 0) is 20.8 Å². The molecule has 124 valence electrons.